The highest BCUT2D eigenvalue weighted by Gasteiger charge is 2.43. The molecule has 0 aromatic carbocycles. The van der Waals surface area contributed by atoms with E-state index in [1.807, 2.05) is 20.8 Å². The Morgan fingerprint density at radius 2 is 1.72 bits per heavy atom. The summed E-state index contributed by atoms with van der Waals surface area (Å²) < 4.78 is 5.33. The van der Waals surface area contributed by atoms with Crippen molar-refractivity contribution in [1.29, 1.82) is 0 Å². The zero-order chi connectivity index (χ0) is 27.7. The summed E-state index contributed by atoms with van der Waals surface area (Å²) in [6.07, 6.45) is 5.24. The Bertz CT molecular complexity index is 869. The Hall–Kier alpha value is -3.17. The molecule has 0 aromatic heterocycles. The number of carbonyl (C=O) groups excluding carboxylic acids is 5. The van der Waals surface area contributed by atoms with Crippen molar-refractivity contribution in [2.45, 2.75) is 91.5 Å². The zero-order valence-electron chi connectivity index (χ0n) is 22.6. The third-order valence-corrected chi connectivity index (χ3v) is 5.48. The quantitative estimate of drug-likeness (QED) is 0.307. The normalized spacial score (nSPS) is 17.8. The van der Waals surface area contributed by atoms with Crippen molar-refractivity contribution in [3.05, 3.63) is 24.8 Å². The molecule has 1 heterocycles. The Balaban J connectivity index is 3.07. The van der Waals surface area contributed by atoms with Crippen LogP contribution in [0.4, 0.5) is 4.79 Å². The fourth-order valence-corrected chi connectivity index (χ4v) is 3.72. The molecule has 36 heavy (non-hydrogen) atoms. The highest BCUT2D eigenvalue weighted by Crippen LogP contribution is 2.26. The van der Waals surface area contributed by atoms with E-state index in [1.165, 1.54) is 11.0 Å². The molecular formula is C26H42N4O6. The van der Waals surface area contributed by atoms with Crippen molar-refractivity contribution in [1.82, 2.24) is 20.9 Å². The van der Waals surface area contributed by atoms with E-state index in [9.17, 15) is 24.0 Å². The summed E-state index contributed by atoms with van der Waals surface area (Å²) in [6.45, 7) is 16.3. The first kappa shape index (κ1) is 30.9. The smallest absolute Gasteiger partial charge is 0.408 e. The lowest BCUT2D eigenvalue weighted by atomic mass is 9.85. The van der Waals surface area contributed by atoms with E-state index in [0.717, 1.165) is 0 Å². The first-order valence-electron chi connectivity index (χ1n) is 12.3. The molecule has 1 aliphatic rings. The number of allylic oxidation sites excluding steroid dienone is 1. The van der Waals surface area contributed by atoms with Gasteiger partial charge in [0.15, 0.2) is 0 Å². The van der Waals surface area contributed by atoms with Crippen molar-refractivity contribution < 1.29 is 28.7 Å². The van der Waals surface area contributed by atoms with Gasteiger partial charge in [0.25, 0.3) is 5.91 Å². The van der Waals surface area contributed by atoms with Crippen molar-refractivity contribution in [2.24, 2.45) is 5.41 Å². The number of nitrogens with zero attached hydrogens (tertiary/aromatic N) is 1. The molecular weight excluding hydrogens is 464 g/mol. The average Bonchev–Trinajstić information content (AvgIpc) is 3.25. The predicted molar refractivity (Wildman–Crippen MR) is 137 cm³/mol. The number of carbonyl (C=O) groups is 5. The summed E-state index contributed by atoms with van der Waals surface area (Å²) in [4.78, 5) is 65.5. The van der Waals surface area contributed by atoms with E-state index in [0.29, 0.717) is 19.4 Å². The Morgan fingerprint density at radius 1 is 1.08 bits per heavy atom. The molecule has 1 saturated heterocycles. The molecule has 4 amide bonds. The largest absolute Gasteiger partial charge is 0.444 e. The van der Waals surface area contributed by atoms with Crippen LogP contribution in [0.3, 0.4) is 0 Å². The molecule has 1 fully saturated rings. The number of amides is 4. The van der Waals surface area contributed by atoms with Gasteiger partial charge < -0.3 is 25.6 Å². The lowest BCUT2D eigenvalue weighted by molar-refractivity contribution is -0.143. The lowest BCUT2D eigenvalue weighted by Crippen LogP contribution is -2.59. The molecule has 10 heteroatoms. The zero-order valence-corrected chi connectivity index (χ0v) is 22.6. The van der Waals surface area contributed by atoms with E-state index in [2.05, 4.69) is 22.5 Å². The summed E-state index contributed by atoms with van der Waals surface area (Å²) in [5.41, 5.74) is -1.40. The molecule has 0 radical (unpaired) electrons. The minimum Gasteiger partial charge on any atom is -0.444 e. The number of likely N-dealkylation sites (tertiary alicyclic amines) is 1. The number of hydrogen-bond donors (Lipinski definition) is 3. The molecule has 0 saturated carbocycles. The molecule has 3 N–H and O–H groups in total. The fourth-order valence-electron chi connectivity index (χ4n) is 3.72. The summed E-state index contributed by atoms with van der Waals surface area (Å²) in [5.74, 6) is -2.53. The Labute approximate surface area is 214 Å². The van der Waals surface area contributed by atoms with Crippen LogP contribution in [0.1, 0.15) is 67.7 Å². The van der Waals surface area contributed by atoms with Crippen LogP contribution < -0.4 is 16.0 Å². The van der Waals surface area contributed by atoms with E-state index in [-0.39, 0.29) is 13.0 Å². The van der Waals surface area contributed by atoms with Crippen LogP contribution in [0.25, 0.3) is 0 Å². The third-order valence-electron chi connectivity index (χ3n) is 5.48. The summed E-state index contributed by atoms with van der Waals surface area (Å²) in [7, 11) is 0. The number of Topliss-reactive ketones (excluding diaryl/α,β-unsaturated/α-hetero) is 1. The molecule has 1 unspecified atom stereocenters. The number of hydrogen-bond acceptors (Lipinski definition) is 6. The number of ether oxygens (including phenoxy) is 1. The maximum absolute atomic E-state index is 13.6. The van der Waals surface area contributed by atoms with Gasteiger partial charge in [-0.25, -0.2) is 4.79 Å². The molecule has 1 rings (SSSR count). The van der Waals surface area contributed by atoms with Crippen molar-refractivity contribution in [3.63, 3.8) is 0 Å². The van der Waals surface area contributed by atoms with Crippen LogP contribution in [0, 0.1) is 5.41 Å². The number of rotatable bonds is 10. The van der Waals surface area contributed by atoms with Gasteiger partial charge in [0.05, 0.1) is 0 Å². The Kier molecular flexibility index (Phi) is 11.3. The summed E-state index contributed by atoms with van der Waals surface area (Å²) >= 11 is 0. The highest BCUT2D eigenvalue weighted by molar-refractivity contribution is 6.38. The first-order valence-corrected chi connectivity index (χ1v) is 12.3. The number of nitrogens with one attached hydrogen (secondary N) is 3. The highest BCUT2D eigenvalue weighted by atomic mass is 16.6. The van der Waals surface area contributed by atoms with Crippen LogP contribution in [-0.4, -0.2) is 71.3 Å². The van der Waals surface area contributed by atoms with Gasteiger partial charge in [0, 0.05) is 13.1 Å². The molecule has 0 spiro atoms. The summed E-state index contributed by atoms with van der Waals surface area (Å²) in [5, 5.41) is 7.74. The molecule has 0 aromatic rings. The molecule has 1 aliphatic heterocycles. The van der Waals surface area contributed by atoms with E-state index in [4.69, 9.17) is 4.74 Å². The lowest BCUT2D eigenvalue weighted by Gasteiger charge is -2.36. The minimum absolute atomic E-state index is 0.124. The van der Waals surface area contributed by atoms with Gasteiger partial charge in [-0.3, -0.25) is 19.2 Å². The predicted octanol–water partition coefficient (Wildman–Crippen LogP) is 2.24. The standard InChI is InChI=1S/C26H42N4O6/c1-9-11-13-17(19(31)22(33)27-15-10-2)28-21(32)18-14-12-16-30(18)23(34)20(25(3,4)5)29-24(35)36-26(6,7)8/h9-11,17-18,20H,2,12-16H2,1,3-8H3,(H,27,33)(H,28,32)(H,29,35)/t17?,18-,20+/m0/s1. The molecule has 3 atom stereocenters. The van der Waals surface area contributed by atoms with Gasteiger partial charge in [-0.1, -0.05) is 39.0 Å². The van der Waals surface area contributed by atoms with Crippen molar-refractivity contribution in [3.8, 4) is 0 Å². The maximum Gasteiger partial charge on any atom is 0.408 e. The minimum atomic E-state index is -1.07. The van der Waals surface area contributed by atoms with E-state index < -0.39 is 58.7 Å². The maximum atomic E-state index is 13.6. The molecule has 10 nitrogen and oxygen atoms in total. The monoisotopic (exact) mass is 506 g/mol. The topological polar surface area (TPSA) is 134 Å². The first-order chi connectivity index (χ1) is 16.6. The molecule has 0 bridgehead atoms. The van der Waals surface area contributed by atoms with E-state index in [1.54, 1.807) is 39.8 Å². The van der Waals surface area contributed by atoms with Crippen molar-refractivity contribution >= 4 is 29.6 Å². The second kappa shape index (κ2) is 13.2. The molecule has 202 valence electrons. The second-order valence-corrected chi connectivity index (χ2v) is 10.9. The number of alkyl carbamates (subject to hydrolysis) is 1. The van der Waals surface area contributed by atoms with Crippen LogP contribution in [-0.2, 0) is 23.9 Å². The third kappa shape index (κ3) is 9.47. The second-order valence-electron chi connectivity index (χ2n) is 10.9. The van der Waals surface area contributed by atoms with Gasteiger partial charge in [-0.2, -0.15) is 0 Å². The SMILES string of the molecule is C=CCNC(=O)C(=O)C(CC=CC)NC(=O)[C@@H]1CCCN1C(=O)[C@@H](NC(=O)OC(C)(C)C)C(C)(C)C. The van der Waals surface area contributed by atoms with Crippen LogP contribution >= 0.6 is 0 Å². The van der Waals surface area contributed by atoms with Crippen molar-refractivity contribution in [2.75, 3.05) is 13.1 Å². The van der Waals surface area contributed by atoms with Crippen LogP contribution in [0.15, 0.2) is 24.8 Å². The average molecular weight is 507 g/mol. The Morgan fingerprint density at radius 3 is 2.25 bits per heavy atom. The van der Waals surface area contributed by atoms with Gasteiger partial charge in [0.1, 0.15) is 23.7 Å². The summed E-state index contributed by atoms with van der Waals surface area (Å²) in [6, 6.07) is -2.85. The van der Waals surface area contributed by atoms with Crippen LogP contribution in [0.2, 0.25) is 0 Å². The fraction of sp³-hybridized carbons (Fsp3) is 0.654. The van der Waals surface area contributed by atoms with Gasteiger partial charge in [-0.15, -0.1) is 6.58 Å². The van der Waals surface area contributed by atoms with Gasteiger partial charge in [-0.05, 0) is 52.4 Å². The van der Waals surface area contributed by atoms with E-state index >= 15 is 0 Å². The van der Waals surface area contributed by atoms with Crippen LogP contribution in [0.5, 0.6) is 0 Å². The molecule has 0 aliphatic carbocycles. The number of ketones is 1. The van der Waals surface area contributed by atoms with Gasteiger partial charge >= 0.3 is 6.09 Å². The van der Waals surface area contributed by atoms with Gasteiger partial charge in [0.2, 0.25) is 17.6 Å².